The van der Waals surface area contributed by atoms with E-state index in [-0.39, 0.29) is 12.0 Å². The number of carbonyl (C=O) groups is 1. The highest BCUT2D eigenvalue weighted by Crippen LogP contribution is 2.42. The van der Waals surface area contributed by atoms with Gasteiger partial charge in [0, 0.05) is 12.0 Å². The first-order valence-electron chi connectivity index (χ1n) is 5.94. The fourth-order valence-corrected chi connectivity index (χ4v) is 3.39. The second-order valence-electron chi connectivity index (χ2n) is 5.16. The highest BCUT2D eigenvalue weighted by Gasteiger charge is 2.38. The van der Waals surface area contributed by atoms with Crippen molar-refractivity contribution in [3.8, 4) is 0 Å². The molecular formula is C12H21NO. The molecule has 2 N–H and O–H groups in total. The Hall–Kier alpha value is -0.370. The van der Waals surface area contributed by atoms with E-state index < -0.39 is 0 Å². The van der Waals surface area contributed by atoms with Gasteiger partial charge < -0.3 is 5.73 Å². The van der Waals surface area contributed by atoms with Crippen LogP contribution in [0.1, 0.15) is 45.4 Å². The molecule has 0 aromatic rings. The molecule has 2 aliphatic carbocycles. The Morgan fingerprint density at radius 2 is 1.71 bits per heavy atom. The summed E-state index contributed by atoms with van der Waals surface area (Å²) >= 11 is 0. The predicted molar refractivity (Wildman–Crippen MR) is 56.8 cm³/mol. The monoisotopic (exact) mass is 195 g/mol. The number of hydrogen-bond acceptors (Lipinski definition) is 2. The largest absolute Gasteiger partial charge is 0.327 e. The Morgan fingerprint density at radius 3 is 2.29 bits per heavy atom. The van der Waals surface area contributed by atoms with Crippen LogP contribution in [0.5, 0.6) is 0 Å². The van der Waals surface area contributed by atoms with Crippen LogP contribution in [0.15, 0.2) is 0 Å². The molecule has 0 heterocycles. The topological polar surface area (TPSA) is 43.1 Å². The van der Waals surface area contributed by atoms with E-state index in [0.717, 1.165) is 24.7 Å². The van der Waals surface area contributed by atoms with E-state index in [4.69, 9.17) is 5.73 Å². The molecule has 14 heavy (non-hydrogen) atoms. The highest BCUT2D eigenvalue weighted by atomic mass is 16.1. The van der Waals surface area contributed by atoms with Crippen molar-refractivity contribution in [2.24, 2.45) is 23.5 Å². The minimum absolute atomic E-state index is 0.145. The van der Waals surface area contributed by atoms with Gasteiger partial charge >= 0.3 is 0 Å². The maximum absolute atomic E-state index is 11.4. The Kier molecular flexibility index (Phi) is 2.91. The highest BCUT2D eigenvalue weighted by molar-refractivity contribution is 5.79. The van der Waals surface area contributed by atoms with Crippen LogP contribution in [0.3, 0.4) is 0 Å². The summed E-state index contributed by atoms with van der Waals surface area (Å²) in [6.45, 7) is 1.70. The maximum atomic E-state index is 11.4. The van der Waals surface area contributed by atoms with Gasteiger partial charge in [0.15, 0.2) is 0 Å². The van der Waals surface area contributed by atoms with Crippen LogP contribution < -0.4 is 5.73 Å². The third-order valence-electron chi connectivity index (χ3n) is 4.24. The average molecular weight is 195 g/mol. The summed E-state index contributed by atoms with van der Waals surface area (Å²) in [4.78, 5) is 11.4. The van der Waals surface area contributed by atoms with Gasteiger partial charge in [-0.25, -0.2) is 0 Å². The molecule has 80 valence electrons. The van der Waals surface area contributed by atoms with E-state index in [1.165, 1.54) is 25.7 Å². The van der Waals surface area contributed by atoms with E-state index in [1.54, 1.807) is 6.92 Å². The van der Waals surface area contributed by atoms with E-state index in [2.05, 4.69) is 0 Å². The molecule has 0 bridgehead atoms. The molecule has 0 radical (unpaired) electrons. The first-order valence-corrected chi connectivity index (χ1v) is 5.94. The lowest BCUT2D eigenvalue weighted by Crippen LogP contribution is -2.44. The zero-order chi connectivity index (χ0) is 10.1. The fraction of sp³-hybridized carbons (Fsp3) is 0.917. The van der Waals surface area contributed by atoms with Crippen molar-refractivity contribution in [1.29, 1.82) is 0 Å². The second-order valence-corrected chi connectivity index (χ2v) is 5.16. The van der Waals surface area contributed by atoms with Crippen molar-refractivity contribution >= 4 is 5.78 Å². The van der Waals surface area contributed by atoms with Gasteiger partial charge in [-0.3, -0.25) is 4.79 Å². The number of carbonyl (C=O) groups excluding carboxylic acids is 1. The third-order valence-corrected chi connectivity index (χ3v) is 4.24. The maximum Gasteiger partial charge on any atom is 0.134 e. The first kappa shape index (κ1) is 10.2. The van der Waals surface area contributed by atoms with Crippen LogP contribution in [0, 0.1) is 17.8 Å². The molecule has 2 fully saturated rings. The van der Waals surface area contributed by atoms with Crippen LogP contribution in [-0.4, -0.2) is 11.8 Å². The van der Waals surface area contributed by atoms with Crippen LogP contribution in [0.25, 0.3) is 0 Å². The molecule has 4 unspecified atom stereocenters. The van der Waals surface area contributed by atoms with Crippen LogP contribution in [0.4, 0.5) is 0 Å². The van der Waals surface area contributed by atoms with Gasteiger partial charge in [-0.15, -0.1) is 0 Å². The predicted octanol–water partition coefficient (Wildman–Crippen LogP) is 2.12. The number of ketones is 1. The Morgan fingerprint density at radius 1 is 1.14 bits per heavy atom. The zero-order valence-corrected chi connectivity index (χ0v) is 9.04. The third kappa shape index (κ3) is 1.85. The lowest BCUT2D eigenvalue weighted by Gasteiger charge is -2.41. The average Bonchev–Trinajstić information content (AvgIpc) is 2.16. The molecule has 0 aromatic heterocycles. The Balaban J connectivity index is 2.03. The molecule has 0 saturated heterocycles. The number of Topliss-reactive ketones (excluding diaryl/α,β-unsaturated/α-hetero) is 1. The molecule has 4 atom stereocenters. The van der Waals surface area contributed by atoms with Crippen molar-refractivity contribution < 1.29 is 4.79 Å². The molecule has 0 aliphatic heterocycles. The normalized spacial score (nSPS) is 43.0. The van der Waals surface area contributed by atoms with Gasteiger partial charge in [0.1, 0.15) is 5.78 Å². The Bertz CT molecular complexity index is 226. The van der Waals surface area contributed by atoms with Gasteiger partial charge in [-0.2, -0.15) is 0 Å². The Labute approximate surface area is 86.2 Å². The minimum atomic E-state index is 0.145. The van der Waals surface area contributed by atoms with Crippen molar-refractivity contribution in [1.82, 2.24) is 0 Å². The summed E-state index contributed by atoms with van der Waals surface area (Å²) in [5.41, 5.74) is 6.07. The molecule has 0 aromatic carbocycles. The smallest absolute Gasteiger partial charge is 0.134 e. The van der Waals surface area contributed by atoms with Gasteiger partial charge in [0.05, 0.1) is 0 Å². The fourth-order valence-electron chi connectivity index (χ4n) is 3.39. The molecule has 2 rings (SSSR count). The summed E-state index contributed by atoms with van der Waals surface area (Å²) < 4.78 is 0. The zero-order valence-electron chi connectivity index (χ0n) is 9.04. The molecule has 2 saturated carbocycles. The number of rotatable bonds is 1. The number of hydrogen-bond donors (Lipinski definition) is 1. The van der Waals surface area contributed by atoms with Crippen LogP contribution in [0.2, 0.25) is 0 Å². The second kappa shape index (κ2) is 4.01. The molecule has 0 spiro atoms. The standard InChI is InChI=1S/C12H21NO/c1-8(14)11-6-9-4-2-3-5-10(9)7-12(11)13/h9-12H,2-7,13H2,1H3. The summed E-state index contributed by atoms with van der Waals surface area (Å²) in [5.74, 6) is 2.10. The van der Waals surface area contributed by atoms with Crippen molar-refractivity contribution in [2.45, 2.75) is 51.5 Å². The van der Waals surface area contributed by atoms with Gasteiger partial charge in [0.2, 0.25) is 0 Å². The van der Waals surface area contributed by atoms with E-state index in [1.807, 2.05) is 0 Å². The van der Waals surface area contributed by atoms with Gasteiger partial charge in [0.25, 0.3) is 0 Å². The van der Waals surface area contributed by atoms with Gasteiger partial charge in [-0.05, 0) is 31.6 Å². The summed E-state index contributed by atoms with van der Waals surface area (Å²) in [6.07, 6.45) is 7.58. The molecule has 0 amide bonds. The SMILES string of the molecule is CC(=O)C1CC2CCCCC2CC1N. The van der Waals surface area contributed by atoms with E-state index in [0.29, 0.717) is 5.78 Å². The minimum Gasteiger partial charge on any atom is -0.327 e. The van der Waals surface area contributed by atoms with Crippen molar-refractivity contribution in [3.05, 3.63) is 0 Å². The first-order chi connectivity index (χ1) is 6.68. The van der Waals surface area contributed by atoms with E-state index in [9.17, 15) is 4.79 Å². The molecule has 2 aliphatic rings. The van der Waals surface area contributed by atoms with Crippen molar-refractivity contribution in [3.63, 3.8) is 0 Å². The lowest BCUT2D eigenvalue weighted by atomic mass is 9.65. The summed E-state index contributed by atoms with van der Waals surface area (Å²) in [5, 5.41) is 0. The van der Waals surface area contributed by atoms with Crippen LogP contribution >= 0.6 is 0 Å². The molecular weight excluding hydrogens is 174 g/mol. The van der Waals surface area contributed by atoms with Crippen molar-refractivity contribution in [2.75, 3.05) is 0 Å². The number of fused-ring (bicyclic) bond motifs is 1. The molecule has 2 heteroatoms. The number of nitrogens with two attached hydrogens (primary N) is 1. The molecule has 2 nitrogen and oxygen atoms in total. The van der Waals surface area contributed by atoms with Crippen LogP contribution in [-0.2, 0) is 4.79 Å². The van der Waals surface area contributed by atoms with Gasteiger partial charge in [-0.1, -0.05) is 25.7 Å². The summed E-state index contributed by atoms with van der Waals surface area (Å²) in [7, 11) is 0. The lowest BCUT2D eigenvalue weighted by molar-refractivity contribution is -0.123. The quantitative estimate of drug-likeness (QED) is 0.696. The summed E-state index contributed by atoms with van der Waals surface area (Å²) in [6, 6.07) is 0.145. The van der Waals surface area contributed by atoms with E-state index >= 15 is 0 Å².